The lowest BCUT2D eigenvalue weighted by atomic mass is 10.1. The van der Waals surface area contributed by atoms with Crippen LogP contribution in [0.3, 0.4) is 0 Å². The van der Waals surface area contributed by atoms with Crippen LogP contribution >= 0.6 is 0 Å². The number of benzene rings is 2. The minimum Gasteiger partial charge on any atom is -0.452 e. The van der Waals surface area contributed by atoms with E-state index in [1.807, 2.05) is 0 Å². The van der Waals surface area contributed by atoms with E-state index in [2.05, 4.69) is 10.6 Å². The van der Waals surface area contributed by atoms with Crippen LogP contribution in [-0.2, 0) is 14.3 Å². The lowest BCUT2D eigenvalue weighted by Gasteiger charge is -2.11. The highest BCUT2D eigenvalue weighted by atomic mass is 19.1. The lowest BCUT2D eigenvalue weighted by Crippen LogP contribution is -2.27. The minimum atomic E-state index is -0.709. The summed E-state index contributed by atoms with van der Waals surface area (Å²) >= 11 is 0. The Hall–Kier alpha value is -3.48. The van der Waals surface area contributed by atoms with E-state index in [-0.39, 0.29) is 17.8 Å². The molecule has 7 heteroatoms. The summed E-state index contributed by atoms with van der Waals surface area (Å²) in [6, 6.07) is 12.4. The van der Waals surface area contributed by atoms with Crippen molar-refractivity contribution in [3.8, 4) is 0 Å². The SMILES string of the molecule is O=C(COC(=O)/C=C/c1ccc(F)cc1)Nc1ccccc1C(=O)NC1CC1. The first-order valence-electron chi connectivity index (χ1n) is 8.81. The van der Waals surface area contributed by atoms with E-state index < -0.39 is 18.5 Å². The summed E-state index contributed by atoms with van der Waals surface area (Å²) in [4.78, 5) is 36.0. The predicted octanol–water partition coefficient (Wildman–Crippen LogP) is 2.91. The fourth-order valence-corrected chi connectivity index (χ4v) is 2.39. The standard InChI is InChI=1S/C21H19FN2O4/c22-15-8-5-14(6-9-15)7-12-20(26)28-13-19(25)24-18-4-2-1-3-17(18)21(27)23-16-10-11-16/h1-9,12,16H,10-11,13H2,(H,23,27)(H,24,25)/b12-7+. The van der Waals surface area contributed by atoms with Gasteiger partial charge in [-0.15, -0.1) is 0 Å². The molecule has 1 aliphatic carbocycles. The van der Waals surface area contributed by atoms with Gasteiger partial charge in [0.2, 0.25) is 0 Å². The van der Waals surface area contributed by atoms with E-state index in [9.17, 15) is 18.8 Å². The zero-order valence-electron chi connectivity index (χ0n) is 15.0. The van der Waals surface area contributed by atoms with Crippen LogP contribution in [0.4, 0.5) is 10.1 Å². The molecule has 0 atom stereocenters. The van der Waals surface area contributed by atoms with Crippen molar-refractivity contribution in [3.05, 3.63) is 71.6 Å². The molecule has 1 saturated carbocycles. The molecular weight excluding hydrogens is 363 g/mol. The zero-order valence-corrected chi connectivity index (χ0v) is 15.0. The van der Waals surface area contributed by atoms with Gasteiger partial charge in [-0.1, -0.05) is 24.3 Å². The third-order valence-corrected chi connectivity index (χ3v) is 3.99. The van der Waals surface area contributed by atoms with E-state index in [1.54, 1.807) is 24.3 Å². The Morgan fingerprint density at radius 1 is 1.07 bits per heavy atom. The fourth-order valence-electron chi connectivity index (χ4n) is 2.39. The Labute approximate surface area is 161 Å². The number of anilines is 1. The third kappa shape index (κ3) is 5.77. The van der Waals surface area contributed by atoms with Gasteiger partial charge in [0.25, 0.3) is 11.8 Å². The largest absolute Gasteiger partial charge is 0.452 e. The maximum absolute atomic E-state index is 12.8. The molecule has 1 aliphatic rings. The number of carbonyl (C=O) groups excluding carboxylic acids is 3. The molecule has 0 aromatic heterocycles. The van der Waals surface area contributed by atoms with Crippen molar-refractivity contribution in [2.45, 2.75) is 18.9 Å². The highest BCUT2D eigenvalue weighted by Crippen LogP contribution is 2.21. The highest BCUT2D eigenvalue weighted by Gasteiger charge is 2.25. The summed E-state index contributed by atoms with van der Waals surface area (Å²) in [6.45, 7) is -0.495. The summed E-state index contributed by atoms with van der Waals surface area (Å²) in [5, 5.41) is 5.44. The number of ether oxygens (including phenoxy) is 1. The average molecular weight is 382 g/mol. The van der Waals surface area contributed by atoms with Gasteiger partial charge in [0.1, 0.15) is 5.82 Å². The van der Waals surface area contributed by atoms with E-state index >= 15 is 0 Å². The Morgan fingerprint density at radius 3 is 2.50 bits per heavy atom. The van der Waals surface area contributed by atoms with Crippen molar-refractivity contribution in [2.24, 2.45) is 0 Å². The molecular formula is C21H19FN2O4. The Kier molecular flexibility index (Phi) is 6.16. The van der Waals surface area contributed by atoms with Gasteiger partial charge in [-0.3, -0.25) is 9.59 Å². The summed E-state index contributed by atoms with van der Waals surface area (Å²) in [7, 11) is 0. The van der Waals surface area contributed by atoms with Gasteiger partial charge >= 0.3 is 5.97 Å². The maximum atomic E-state index is 12.8. The molecule has 3 rings (SSSR count). The molecule has 0 unspecified atom stereocenters. The van der Waals surface area contributed by atoms with Crippen LogP contribution in [0.2, 0.25) is 0 Å². The van der Waals surface area contributed by atoms with Gasteiger partial charge in [0, 0.05) is 12.1 Å². The number of carbonyl (C=O) groups is 3. The number of para-hydroxylation sites is 1. The van der Waals surface area contributed by atoms with Gasteiger partial charge < -0.3 is 15.4 Å². The van der Waals surface area contributed by atoms with Crippen LogP contribution in [-0.4, -0.2) is 30.4 Å². The van der Waals surface area contributed by atoms with Crippen molar-refractivity contribution in [2.75, 3.05) is 11.9 Å². The molecule has 0 spiro atoms. The summed E-state index contributed by atoms with van der Waals surface area (Å²) in [5.41, 5.74) is 1.33. The summed E-state index contributed by atoms with van der Waals surface area (Å²) < 4.78 is 17.7. The second-order valence-electron chi connectivity index (χ2n) is 6.33. The molecule has 2 amide bonds. The number of amides is 2. The first-order chi connectivity index (χ1) is 13.5. The van der Waals surface area contributed by atoms with E-state index in [1.165, 1.54) is 30.3 Å². The molecule has 1 fully saturated rings. The maximum Gasteiger partial charge on any atom is 0.331 e. The minimum absolute atomic E-state index is 0.199. The molecule has 0 aliphatic heterocycles. The van der Waals surface area contributed by atoms with Crippen molar-refractivity contribution in [3.63, 3.8) is 0 Å². The fraction of sp³-hybridized carbons (Fsp3) is 0.190. The van der Waals surface area contributed by atoms with Gasteiger partial charge in [-0.25, -0.2) is 9.18 Å². The van der Waals surface area contributed by atoms with Crippen molar-refractivity contribution in [1.29, 1.82) is 0 Å². The van der Waals surface area contributed by atoms with Crippen LogP contribution in [0, 0.1) is 5.82 Å². The number of rotatable bonds is 7. The molecule has 0 radical (unpaired) electrons. The van der Waals surface area contributed by atoms with Crippen LogP contribution in [0.1, 0.15) is 28.8 Å². The molecule has 6 nitrogen and oxygen atoms in total. The molecule has 2 aromatic rings. The summed E-state index contributed by atoms with van der Waals surface area (Å²) in [6.07, 6.45) is 4.53. The topological polar surface area (TPSA) is 84.5 Å². The Morgan fingerprint density at radius 2 is 1.79 bits per heavy atom. The normalized spacial score (nSPS) is 13.2. The van der Waals surface area contributed by atoms with E-state index in [0.717, 1.165) is 18.9 Å². The van der Waals surface area contributed by atoms with Crippen LogP contribution in [0.15, 0.2) is 54.6 Å². The Balaban J connectivity index is 1.50. The number of esters is 1. The third-order valence-electron chi connectivity index (χ3n) is 3.99. The highest BCUT2D eigenvalue weighted by molar-refractivity contribution is 6.04. The molecule has 2 N–H and O–H groups in total. The van der Waals surface area contributed by atoms with Crippen molar-refractivity contribution >= 4 is 29.5 Å². The molecule has 2 aromatic carbocycles. The molecule has 144 valence electrons. The number of hydrogen-bond acceptors (Lipinski definition) is 4. The van der Waals surface area contributed by atoms with E-state index in [0.29, 0.717) is 16.8 Å². The quantitative estimate of drug-likeness (QED) is 0.570. The lowest BCUT2D eigenvalue weighted by molar-refractivity contribution is -0.142. The summed E-state index contributed by atoms with van der Waals surface area (Å²) in [5.74, 6) is -1.89. The number of halogens is 1. The predicted molar refractivity (Wildman–Crippen MR) is 102 cm³/mol. The average Bonchev–Trinajstić information content (AvgIpc) is 3.50. The molecule has 0 heterocycles. The Bertz CT molecular complexity index is 905. The molecule has 0 saturated heterocycles. The molecule has 28 heavy (non-hydrogen) atoms. The second kappa shape index (κ2) is 8.94. The van der Waals surface area contributed by atoms with Crippen molar-refractivity contribution in [1.82, 2.24) is 5.32 Å². The first kappa shape index (κ1) is 19.3. The zero-order chi connectivity index (χ0) is 19.9. The molecule has 0 bridgehead atoms. The van der Waals surface area contributed by atoms with E-state index in [4.69, 9.17) is 4.74 Å². The van der Waals surface area contributed by atoms with Gasteiger partial charge in [0.15, 0.2) is 6.61 Å². The van der Waals surface area contributed by atoms with Crippen LogP contribution in [0.25, 0.3) is 6.08 Å². The van der Waals surface area contributed by atoms with Gasteiger partial charge in [-0.2, -0.15) is 0 Å². The van der Waals surface area contributed by atoms with Gasteiger partial charge in [-0.05, 0) is 48.7 Å². The van der Waals surface area contributed by atoms with Gasteiger partial charge in [0.05, 0.1) is 11.3 Å². The first-order valence-corrected chi connectivity index (χ1v) is 8.81. The van der Waals surface area contributed by atoms with Crippen LogP contribution in [0.5, 0.6) is 0 Å². The number of hydrogen-bond donors (Lipinski definition) is 2. The van der Waals surface area contributed by atoms with Crippen molar-refractivity contribution < 1.29 is 23.5 Å². The second-order valence-corrected chi connectivity index (χ2v) is 6.33. The number of nitrogens with one attached hydrogen (secondary N) is 2. The monoisotopic (exact) mass is 382 g/mol. The van der Waals surface area contributed by atoms with Crippen LogP contribution < -0.4 is 10.6 Å². The smallest absolute Gasteiger partial charge is 0.331 e.